The number of piperidine rings is 1. The number of methoxy groups -OCH3 is 1. The van der Waals surface area contributed by atoms with E-state index in [0.717, 1.165) is 25.3 Å². The second-order valence-electron chi connectivity index (χ2n) is 7.86. The number of hydrogen-bond acceptors (Lipinski definition) is 7. The summed E-state index contributed by atoms with van der Waals surface area (Å²) in [6, 6.07) is 9.14. The smallest absolute Gasteiger partial charge is 0.331 e. The minimum Gasteiger partial charge on any atom is -0.504 e. The van der Waals surface area contributed by atoms with Crippen molar-refractivity contribution in [2.75, 3.05) is 32.1 Å². The van der Waals surface area contributed by atoms with Gasteiger partial charge in [0.1, 0.15) is 0 Å². The van der Waals surface area contributed by atoms with Crippen LogP contribution in [0.25, 0.3) is 6.08 Å². The molecular formula is C24H28N2O7S. The average Bonchev–Trinajstić information content (AvgIpc) is 2.84. The van der Waals surface area contributed by atoms with Crippen LogP contribution in [0.4, 0.5) is 5.69 Å². The van der Waals surface area contributed by atoms with E-state index in [4.69, 9.17) is 9.47 Å². The van der Waals surface area contributed by atoms with E-state index < -0.39 is 28.5 Å². The number of benzene rings is 2. The van der Waals surface area contributed by atoms with Crippen molar-refractivity contribution in [2.24, 2.45) is 0 Å². The van der Waals surface area contributed by atoms with Crippen LogP contribution in [0.5, 0.6) is 11.5 Å². The maximum absolute atomic E-state index is 12.9. The van der Waals surface area contributed by atoms with Gasteiger partial charge in [-0.25, -0.2) is 13.2 Å². The van der Waals surface area contributed by atoms with Crippen molar-refractivity contribution < 1.29 is 32.6 Å². The molecule has 2 aromatic carbocycles. The Balaban J connectivity index is 1.59. The SMILES string of the molecule is COc1cc(C=CC(=O)OCC(=O)Nc2cc(S(=O)(=O)N3CCCCC3)ccc2C)ccc1O. The maximum Gasteiger partial charge on any atom is 0.331 e. The fourth-order valence-electron chi connectivity index (χ4n) is 3.48. The first kappa shape index (κ1) is 25.3. The number of rotatable bonds is 8. The molecule has 3 rings (SSSR count). The molecule has 1 saturated heterocycles. The molecule has 1 aliphatic rings. The van der Waals surface area contributed by atoms with E-state index in [9.17, 15) is 23.1 Å². The third kappa shape index (κ3) is 6.36. The van der Waals surface area contributed by atoms with Crippen molar-refractivity contribution in [1.29, 1.82) is 0 Å². The van der Waals surface area contributed by atoms with Crippen LogP contribution in [0.1, 0.15) is 30.4 Å². The fraction of sp³-hybridized carbons (Fsp3) is 0.333. The van der Waals surface area contributed by atoms with Crippen LogP contribution >= 0.6 is 0 Å². The summed E-state index contributed by atoms with van der Waals surface area (Å²) < 4.78 is 37.3. The molecule has 2 aromatic rings. The van der Waals surface area contributed by atoms with E-state index >= 15 is 0 Å². The number of sulfonamides is 1. The molecule has 2 N–H and O–H groups in total. The summed E-state index contributed by atoms with van der Waals surface area (Å²) in [5.74, 6) is -1.10. The number of carbonyl (C=O) groups excluding carboxylic acids is 2. The van der Waals surface area contributed by atoms with Gasteiger partial charge in [-0.05, 0) is 61.2 Å². The van der Waals surface area contributed by atoms with Crippen LogP contribution in [0.3, 0.4) is 0 Å². The Hall–Kier alpha value is -3.37. The highest BCUT2D eigenvalue weighted by molar-refractivity contribution is 7.89. The molecule has 1 aliphatic heterocycles. The summed E-state index contributed by atoms with van der Waals surface area (Å²) in [6.45, 7) is 2.18. The van der Waals surface area contributed by atoms with Gasteiger partial charge in [0.2, 0.25) is 10.0 Å². The van der Waals surface area contributed by atoms with E-state index in [1.54, 1.807) is 25.1 Å². The van der Waals surface area contributed by atoms with Gasteiger partial charge in [-0.2, -0.15) is 4.31 Å². The molecule has 1 amide bonds. The summed E-state index contributed by atoms with van der Waals surface area (Å²) in [5.41, 5.74) is 1.61. The molecule has 182 valence electrons. The first-order valence-corrected chi connectivity index (χ1v) is 12.3. The number of hydrogen-bond donors (Lipinski definition) is 2. The van der Waals surface area contributed by atoms with Gasteiger partial charge in [0.25, 0.3) is 5.91 Å². The van der Waals surface area contributed by atoms with E-state index in [0.29, 0.717) is 29.9 Å². The van der Waals surface area contributed by atoms with E-state index in [1.807, 2.05) is 0 Å². The number of phenolic OH excluding ortho intramolecular Hbond substituents is 1. The van der Waals surface area contributed by atoms with E-state index in [-0.39, 0.29) is 16.4 Å². The highest BCUT2D eigenvalue weighted by atomic mass is 32.2. The molecule has 34 heavy (non-hydrogen) atoms. The Morgan fingerprint density at radius 3 is 2.56 bits per heavy atom. The first-order chi connectivity index (χ1) is 16.2. The summed E-state index contributed by atoms with van der Waals surface area (Å²) in [4.78, 5) is 24.4. The van der Waals surface area contributed by atoms with Gasteiger partial charge < -0.3 is 19.9 Å². The number of nitrogens with one attached hydrogen (secondary N) is 1. The molecule has 0 spiro atoms. The van der Waals surface area contributed by atoms with Crippen molar-refractivity contribution in [1.82, 2.24) is 4.31 Å². The quantitative estimate of drug-likeness (QED) is 0.432. The molecule has 0 radical (unpaired) electrons. The highest BCUT2D eigenvalue weighted by Gasteiger charge is 2.26. The fourth-order valence-corrected chi connectivity index (χ4v) is 5.03. The summed E-state index contributed by atoms with van der Waals surface area (Å²) in [6.07, 6.45) is 5.28. The lowest BCUT2D eigenvalue weighted by atomic mass is 10.2. The molecule has 0 aromatic heterocycles. The van der Waals surface area contributed by atoms with Crippen molar-refractivity contribution in [3.8, 4) is 11.5 Å². The van der Waals surface area contributed by atoms with Crippen LogP contribution in [0, 0.1) is 6.92 Å². The lowest BCUT2D eigenvalue weighted by Crippen LogP contribution is -2.35. The number of aromatic hydroxyl groups is 1. The molecule has 0 unspecified atom stereocenters. The molecule has 9 nitrogen and oxygen atoms in total. The zero-order chi connectivity index (χ0) is 24.7. The third-order valence-electron chi connectivity index (χ3n) is 5.40. The topological polar surface area (TPSA) is 122 Å². The first-order valence-electron chi connectivity index (χ1n) is 10.8. The third-order valence-corrected chi connectivity index (χ3v) is 7.29. The molecule has 0 aliphatic carbocycles. The van der Waals surface area contributed by atoms with Gasteiger partial charge in [-0.3, -0.25) is 4.79 Å². The van der Waals surface area contributed by atoms with Crippen molar-refractivity contribution >= 4 is 33.7 Å². The summed E-state index contributed by atoms with van der Waals surface area (Å²) in [5, 5.41) is 12.2. The van der Waals surface area contributed by atoms with Crippen molar-refractivity contribution in [3.05, 3.63) is 53.6 Å². The van der Waals surface area contributed by atoms with Crippen LogP contribution in [-0.4, -0.2) is 56.5 Å². The number of anilines is 1. The molecular weight excluding hydrogens is 460 g/mol. The Morgan fingerprint density at radius 2 is 1.85 bits per heavy atom. The van der Waals surface area contributed by atoms with Gasteiger partial charge in [0, 0.05) is 24.9 Å². The Bertz CT molecular complexity index is 1190. The van der Waals surface area contributed by atoms with Crippen molar-refractivity contribution in [2.45, 2.75) is 31.1 Å². The largest absolute Gasteiger partial charge is 0.504 e. The molecule has 1 heterocycles. The van der Waals surface area contributed by atoms with Gasteiger partial charge in [0.15, 0.2) is 18.1 Å². The molecule has 10 heteroatoms. The highest BCUT2D eigenvalue weighted by Crippen LogP contribution is 2.27. The molecule has 0 bridgehead atoms. The molecule has 1 fully saturated rings. The number of phenols is 1. The zero-order valence-corrected chi connectivity index (χ0v) is 19.9. The molecule has 0 saturated carbocycles. The van der Waals surface area contributed by atoms with Crippen LogP contribution in [0.15, 0.2) is 47.4 Å². The van der Waals surface area contributed by atoms with Crippen LogP contribution < -0.4 is 10.1 Å². The predicted octanol–water partition coefficient (Wildman–Crippen LogP) is 3.08. The van der Waals surface area contributed by atoms with Gasteiger partial charge in [0.05, 0.1) is 12.0 Å². The lowest BCUT2D eigenvalue weighted by molar-refractivity contribution is -0.142. The number of esters is 1. The number of nitrogens with zero attached hydrogens (tertiary/aromatic N) is 1. The second kappa shape index (κ2) is 11.2. The van der Waals surface area contributed by atoms with Gasteiger partial charge in [-0.15, -0.1) is 0 Å². The Kier molecular flexibility index (Phi) is 8.30. The number of aryl methyl sites for hydroxylation is 1. The maximum atomic E-state index is 12.9. The zero-order valence-electron chi connectivity index (χ0n) is 19.1. The van der Waals surface area contributed by atoms with E-state index in [2.05, 4.69) is 5.32 Å². The Morgan fingerprint density at radius 1 is 1.12 bits per heavy atom. The summed E-state index contributed by atoms with van der Waals surface area (Å²) >= 11 is 0. The van der Waals surface area contributed by atoms with Crippen LogP contribution in [0.2, 0.25) is 0 Å². The minimum absolute atomic E-state index is 0.0259. The van der Waals surface area contributed by atoms with Crippen molar-refractivity contribution in [3.63, 3.8) is 0 Å². The normalized spacial score (nSPS) is 14.6. The average molecular weight is 489 g/mol. The lowest BCUT2D eigenvalue weighted by Gasteiger charge is -2.26. The van der Waals surface area contributed by atoms with Gasteiger partial charge >= 0.3 is 5.97 Å². The monoisotopic (exact) mass is 488 g/mol. The predicted molar refractivity (Wildman–Crippen MR) is 127 cm³/mol. The number of ether oxygens (including phenoxy) is 2. The Labute approximate surface area is 199 Å². The molecule has 0 atom stereocenters. The van der Waals surface area contributed by atoms with Crippen LogP contribution in [-0.2, 0) is 24.3 Å². The van der Waals surface area contributed by atoms with E-state index in [1.165, 1.54) is 35.7 Å². The number of carbonyl (C=O) groups is 2. The summed E-state index contributed by atoms with van der Waals surface area (Å²) in [7, 11) is -2.23. The second-order valence-corrected chi connectivity index (χ2v) is 9.80. The van der Waals surface area contributed by atoms with Gasteiger partial charge in [-0.1, -0.05) is 18.6 Å². The number of amides is 1. The standard InChI is InChI=1S/C24H28N2O7S/c1-17-6-9-19(34(30,31)26-12-4-3-5-13-26)15-20(17)25-23(28)16-33-24(29)11-8-18-7-10-21(27)22(14-18)32-2/h6-11,14-15,27H,3-5,12-13,16H2,1-2H3,(H,25,28). The minimum atomic E-state index is -3.64.